The average Bonchev–Trinajstić information content (AvgIpc) is 2.64. The molecule has 28 heavy (non-hydrogen) atoms. The lowest BCUT2D eigenvalue weighted by Crippen LogP contribution is -2.24. The second kappa shape index (κ2) is 8.84. The number of nitro benzene ring substituents is 1. The van der Waals surface area contributed by atoms with E-state index in [1.807, 2.05) is 5.32 Å². The Bertz CT molecular complexity index is 868. The van der Waals surface area contributed by atoms with Crippen LogP contribution in [0.2, 0.25) is 0 Å². The van der Waals surface area contributed by atoms with Crippen molar-refractivity contribution in [3.05, 3.63) is 64.2 Å². The maximum atomic E-state index is 12.9. The number of hydrogen-bond acceptors (Lipinski definition) is 6. The normalized spacial score (nSPS) is 10.8. The lowest BCUT2D eigenvalue weighted by Gasteiger charge is -2.13. The van der Waals surface area contributed by atoms with Gasteiger partial charge in [-0.1, -0.05) is 12.1 Å². The molecule has 0 radical (unpaired) electrons. The summed E-state index contributed by atoms with van der Waals surface area (Å²) in [5.41, 5.74) is -1.65. The van der Waals surface area contributed by atoms with E-state index in [0.29, 0.717) is 0 Å². The van der Waals surface area contributed by atoms with Crippen LogP contribution in [-0.2, 0) is 20.5 Å². The van der Waals surface area contributed by atoms with E-state index in [1.165, 1.54) is 36.4 Å². The van der Waals surface area contributed by atoms with Crippen molar-refractivity contribution in [2.75, 3.05) is 18.5 Å². The van der Waals surface area contributed by atoms with E-state index in [2.05, 4.69) is 4.74 Å². The van der Waals surface area contributed by atoms with Gasteiger partial charge in [0.2, 0.25) is 0 Å². The number of carbonyl (C=O) groups is 2. The van der Waals surface area contributed by atoms with Gasteiger partial charge in [-0.15, -0.1) is 0 Å². The molecule has 0 aromatic heterocycles. The maximum Gasteiger partial charge on any atom is 0.418 e. The minimum absolute atomic E-state index is 0.158. The van der Waals surface area contributed by atoms with Crippen LogP contribution >= 0.6 is 0 Å². The summed E-state index contributed by atoms with van der Waals surface area (Å²) in [6.07, 6.45) is -4.65. The van der Waals surface area contributed by atoms with Crippen molar-refractivity contribution >= 4 is 23.3 Å². The number of benzene rings is 2. The van der Waals surface area contributed by atoms with E-state index in [1.54, 1.807) is 0 Å². The zero-order valence-electron chi connectivity index (χ0n) is 14.1. The molecule has 0 saturated heterocycles. The largest absolute Gasteiger partial charge is 0.482 e. The summed E-state index contributed by atoms with van der Waals surface area (Å²) < 4.78 is 48.2. The molecule has 0 aliphatic rings. The van der Waals surface area contributed by atoms with Crippen LogP contribution in [0.15, 0.2) is 48.5 Å². The maximum absolute atomic E-state index is 12.9. The number of rotatable bonds is 7. The van der Waals surface area contributed by atoms with Crippen LogP contribution in [0, 0.1) is 10.1 Å². The number of amides is 1. The van der Waals surface area contributed by atoms with Crippen LogP contribution in [0.5, 0.6) is 5.75 Å². The summed E-state index contributed by atoms with van der Waals surface area (Å²) in [6, 6.07) is 9.25. The molecule has 2 aromatic carbocycles. The van der Waals surface area contributed by atoms with E-state index < -0.39 is 47.4 Å². The Balaban J connectivity index is 1.81. The molecule has 148 valence electrons. The molecule has 0 saturated carbocycles. The molecule has 8 nitrogen and oxygen atoms in total. The fourth-order valence-corrected chi connectivity index (χ4v) is 2.02. The molecule has 0 unspecified atom stereocenters. The predicted molar refractivity (Wildman–Crippen MR) is 89.6 cm³/mol. The van der Waals surface area contributed by atoms with Gasteiger partial charge in [-0.2, -0.15) is 13.2 Å². The minimum Gasteiger partial charge on any atom is -0.482 e. The standard InChI is InChI=1S/C17H13F3N2O6/c18-17(19,20)13-3-1-2-4-14(13)21-15(23)9-28-16(24)10-27-12-7-5-11(6-8-12)22(25)26/h1-8H,9-10H2,(H,21,23). The number of non-ortho nitro benzene ring substituents is 1. The molecule has 2 rings (SSSR count). The molecule has 2 aromatic rings. The third kappa shape index (κ3) is 5.97. The Kier molecular flexibility index (Phi) is 6.53. The highest BCUT2D eigenvalue weighted by molar-refractivity contribution is 5.93. The summed E-state index contributed by atoms with van der Waals surface area (Å²) in [5, 5.41) is 12.5. The third-order valence-corrected chi connectivity index (χ3v) is 3.28. The molecular weight excluding hydrogens is 385 g/mol. The van der Waals surface area contributed by atoms with Crippen LogP contribution < -0.4 is 10.1 Å². The Morgan fingerprint density at radius 3 is 2.29 bits per heavy atom. The van der Waals surface area contributed by atoms with Crippen molar-refractivity contribution in [2.45, 2.75) is 6.18 Å². The topological polar surface area (TPSA) is 108 Å². The zero-order chi connectivity index (χ0) is 20.7. The number of nitro groups is 1. The van der Waals surface area contributed by atoms with Crippen LogP contribution in [0.4, 0.5) is 24.5 Å². The van der Waals surface area contributed by atoms with E-state index >= 15 is 0 Å². The van der Waals surface area contributed by atoms with Crippen molar-refractivity contribution < 1.29 is 37.2 Å². The van der Waals surface area contributed by atoms with Crippen molar-refractivity contribution in [2.24, 2.45) is 0 Å². The van der Waals surface area contributed by atoms with Crippen molar-refractivity contribution in [3.8, 4) is 5.75 Å². The van der Waals surface area contributed by atoms with Gasteiger partial charge in [0.1, 0.15) is 5.75 Å². The summed E-state index contributed by atoms with van der Waals surface area (Å²) in [6.45, 7) is -1.40. The van der Waals surface area contributed by atoms with E-state index in [4.69, 9.17) is 4.74 Å². The zero-order valence-corrected chi connectivity index (χ0v) is 14.1. The Morgan fingerprint density at radius 2 is 1.68 bits per heavy atom. The average molecular weight is 398 g/mol. The van der Waals surface area contributed by atoms with Crippen LogP contribution in [0.25, 0.3) is 0 Å². The fraction of sp³-hybridized carbons (Fsp3) is 0.176. The van der Waals surface area contributed by atoms with Crippen LogP contribution in [0.3, 0.4) is 0 Å². The molecule has 0 atom stereocenters. The summed E-state index contributed by atoms with van der Waals surface area (Å²) >= 11 is 0. The molecule has 0 heterocycles. The number of nitrogens with zero attached hydrogens (tertiary/aromatic N) is 1. The Hall–Kier alpha value is -3.63. The summed E-state index contributed by atoms with van der Waals surface area (Å²) in [5.74, 6) is -1.75. The molecule has 1 N–H and O–H groups in total. The molecule has 11 heteroatoms. The lowest BCUT2D eigenvalue weighted by atomic mass is 10.1. The highest BCUT2D eigenvalue weighted by Crippen LogP contribution is 2.34. The first kappa shape index (κ1) is 20.7. The number of anilines is 1. The number of hydrogen-bond donors (Lipinski definition) is 1. The van der Waals surface area contributed by atoms with Crippen molar-refractivity contribution in [1.82, 2.24) is 0 Å². The van der Waals surface area contributed by atoms with Gasteiger partial charge in [0.25, 0.3) is 11.6 Å². The molecule has 0 aliphatic carbocycles. The predicted octanol–water partition coefficient (Wildman–Crippen LogP) is 3.17. The molecule has 0 spiro atoms. The SMILES string of the molecule is O=C(COC(=O)COc1ccc([N+](=O)[O-])cc1)Nc1ccccc1C(F)(F)F. The fourth-order valence-electron chi connectivity index (χ4n) is 2.02. The van der Waals surface area contributed by atoms with Gasteiger partial charge in [0, 0.05) is 12.1 Å². The number of halogens is 3. The molecule has 0 aliphatic heterocycles. The van der Waals surface area contributed by atoms with E-state index in [-0.39, 0.29) is 11.4 Å². The molecule has 0 fully saturated rings. The van der Waals surface area contributed by atoms with Gasteiger partial charge >= 0.3 is 12.1 Å². The molecular formula is C17H13F3N2O6. The Morgan fingerprint density at radius 1 is 1.04 bits per heavy atom. The van der Waals surface area contributed by atoms with Gasteiger partial charge in [-0.3, -0.25) is 14.9 Å². The summed E-state index contributed by atoms with van der Waals surface area (Å²) in [4.78, 5) is 33.2. The van der Waals surface area contributed by atoms with Gasteiger partial charge < -0.3 is 14.8 Å². The van der Waals surface area contributed by atoms with Crippen molar-refractivity contribution in [3.63, 3.8) is 0 Å². The number of alkyl halides is 3. The van der Waals surface area contributed by atoms with Crippen LogP contribution in [0.1, 0.15) is 5.56 Å². The number of esters is 1. The second-order valence-corrected chi connectivity index (χ2v) is 5.29. The minimum atomic E-state index is -4.65. The highest BCUT2D eigenvalue weighted by Gasteiger charge is 2.33. The first-order chi connectivity index (χ1) is 13.2. The number of carbonyl (C=O) groups excluding carboxylic acids is 2. The van der Waals surface area contributed by atoms with Gasteiger partial charge in [-0.05, 0) is 24.3 Å². The lowest BCUT2D eigenvalue weighted by molar-refractivity contribution is -0.384. The third-order valence-electron chi connectivity index (χ3n) is 3.28. The first-order valence-corrected chi connectivity index (χ1v) is 7.66. The summed E-state index contributed by atoms with van der Waals surface area (Å²) in [7, 11) is 0. The van der Waals surface area contributed by atoms with Gasteiger partial charge in [0.15, 0.2) is 13.2 Å². The van der Waals surface area contributed by atoms with Crippen LogP contribution in [-0.4, -0.2) is 30.0 Å². The quantitative estimate of drug-likeness (QED) is 0.436. The number of nitrogens with one attached hydrogen (secondary N) is 1. The molecule has 1 amide bonds. The van der Waals surface area contributed by atoms with E-state index in [9.17, 15) is 32.9 Å². The van der Waals surface area contributed by atoms with Gasteiger partial charge in [0.05, 0.1) is 16.2 Å². The Labute approximate surface area is 156 Å². The first-order valence-electron chi connectivity index (χ1n) is 7.66. The monoisotopic (exact) mass is 398 g/mol. The van der Waals surface area contributed by atoms with E-state index in [0.717, 1.165) is 12.1 Å². The molecule has 0 bridgehead atoms. The smallest absolute Gasteiger partial charge is 0.418 e. The number of para-hydroxylation sites is 1. The number of ether oxygens (including phenoxy) is 2. The highest BCUT2D eigenvalue weighted by atomic mass is 19.4. The van der Waals surface area contributed by atoms with Gasteiger partial charge in [-0.25, -0.2) is 4.79 Å². The van der Waals surface area contributed by atoms with Crippen molar-refractivity contribution in [1.29, 1.82) is 0 Å². The second-order valence-electron chi connectivity index (χ2n) is 5.29.